The van der Waals surface area contributed by atoms with Crippen molar-refractivity contribution >= 4 is 17.7 Å². The van der Waals surface area contributed by atoms with Gasteiger partial charge in [0.15, 0.2) is 0 Å². The van der Waals surface area contributed by atoms with E-state index in [1.54, 1.807) is 12.2 Å². The summed E-state index contributed by atoms with van der Waals surface area (Å²) < 4.78 is 9.88. The third kappa shape index (κ3) is 3.65. The van der Waals surface area contributed by atoms with Crippen molar-refractivity contribution in [1.29, 1.82) is 0 Å². The number of hydrogen-bond acceptors (Lipinski definition) is 4. The molecule has 1 heterocycles. The molecular weight excluding hydrogens is 188 g/mol. The van der Waals surface area contributed by atoms with Crippen molar-refractivity contribution < 1.29 is 14.3 Å². The van der Waals surface area contributed by atoms with Crippen molar-refractivity contribution in [3.63, 3.8) is 0 Å². The molecular formula is C9H12O3S. The van der Waals surface area contributed by atoms with Crippen molar-refractivity contribution in [3.05, 3.63) is 23.6 Å². The molecule has 0 saturated carbocycles. The van der Waals surface area contributed by atoms with Crippen LogP contribution in [0.4, 0.5) is 0 Å². The standard InChI is InChI=1S/C9H12O3S/c1-3-4-8(13-2)9(10)12-6-7-5-11-7/h3-4,7H,1,5-6H2,2H3/b8-4-. The van der Waals surface area contributed by atoms with Crippen molar-refractivity contribution in [2.75, 3.05) is 19.5 Å². The van der Waals surface area contributed by atoms with E-state index < -0.39 is 0 Å². The monoisotopic (exact) mass is 200 g/mol. The Morgan fingerprint density at radius 2 is 2.54 bits per heavy atom. The summed E-state index contributed by atoms with van der Waals surface area (Å²) in [7, 11) is 0. The number of carbonyl (C=O) groups excluding carboxylic acids is 1. The molecule has 4 heteroatoms. The second-order valence-electron chi connectivity index (χ2n) is 2.52. The summed E-state index contributed by atoms with van der Waals surface area (Å²) in [5.74, 6) is -0.303. The van der Waals surface area contributed by atoms with Gasteiger partial charge in [-0.3, -0.25) is 0 Å². The van der Waals surface area contributed by atoms with Crippen LogP contribution in [-0.2, 0) is 14.3 Å². The van der Waals surface area contributed by atoms with E-state index in [4.69, 9.17) is 9.47 Å². The first-order chi connectivity index (χ1) is 6.27. The lowest BCUT2D eigenvalue weighted by atomic mass is 10.4. The molecule has 0 aromatic heterocycles. The molecule has 0 N–H and O–H groups in total. The van der Waals surface area contributed by atoms with Gasteiger partial charge in [0.25, 0.3) is 0 Å². The van der Waals surface area contributed by atoms with E-state index >= 15 is 0 Å². The highest BCUT2D eigenvalue weighted by Gasteiger charge is 2.24. The zero-order valence-corrected chi connectivity index (χ0v) is 8.30. The number of esters is 1. The Hall–Kier alpha value is -0.740. The van der Waals surface area contributed by atoms with Gasteiger partial charge in [-0.15, -0.1) is 11.8 Å². The average Bonchev–Trinajstić information content (AvgIpc) is 2.93. The van der Waals surface area contributed by atoms with E-state index in [-0.39, 0.29) is 12.1 Å². The van der Waals surface area contributed by atoms with Gasteiger partial charge in [0.2, 0.25) is 0 Å². The molecule has 1 unspecified atom stereocenters. The first-order valence-corrected chi connectivity index (χ1v) is 5.16. The quantitative estimate of drug-likeness (QED) is 0.291. The third-order valence-electron chi connectivity index (χ3n) is 1.49. The molecule has 1 fully saturated rings. The predicted molar refractivity (Wildman–Crippen MR) is 52.5 cm³/mol. The van der Waals surface area contributed by atoms with Crippen LogP contribution < -0.4 is 0 Å². The molecule has 0 radical (unpaired) electrons. The zero-order valence-electron chi connectivity index (χ0n) is 7.49. The minimum atomic E-state index is -0.303. The number of rotatable bonds is 5. The van der Waals surface area contributed by atoms with Crippen molar-refractivity contribution in [2.45, 2.75) is 6.10 Å². The van der Waals surface area contributed by atoms with E-state index in [0.29, 0.717) is 18.1 Å². The lowest BCUT2D eigenvalue weighted by Gasteiger charge is -2.03. The molecule has 0 aliphatic carbocycles. The van der Waals surface area contributed by atoms with Crippen LogP contribution in [0.25, 0.3) is 0 Å². The van der Waals surface area contributed by atoms with Crippen molar-refractivity contribution in [3.8, 4) is 0 Å². The number of epoxide rings is 1. The molecule has 0 aromatic rings. The highest BCUT2D eigenvalue weighted by Crippen LogP contribution is 2.15. The fourth-order valence-corrected chi connectivity index (χ4v) is 1.19. The number of thioether (sulfide) groups is 1. The van der Waals surface area contributed by atoms with Gasteiger partial charge in [0.1, 0.15) is 12.7 Å². The molecule has 1 aliphatic rings. The minimum absolute atomic E-state index is 0.121. The molecule has 1 aliphatic heterocycles. The molecule has 1 saturated heterocycles. The summed E-state index contributed by atoms with van der Waals surface area (Å²) in [5.41, 5.74) is 0. The van der Waals surface area contributed by atoms with Gasteiger partial charge in [0.05, 0.1) is 11.5 Å². The Kier molecular flexibility index (Phi) is 4.05. The van der Waals surface area contributed by atoms with Gasteiger partial charge >= 0.3 is 5.97 Å². The van der Waals surface area contributed by atoms with E-state index in [1.165, 1.54) is 11.8 Å². The maximum absolute atomic E-state index is 11.3. The smallest absolute Gasteiger partial charge is 0.344 e. The Balaban J connectivity index is 2.33. The van der Waals surface area contributed by atoms with Gasteiger partial charge in [0, 0.05) is 0 Å². The molecule has 72 valence electrons. The van der Waals surface area contributed by atoms with Crippen molar-refractivity contribution in [2.24, 2.45) is 0 Å². The van der Waals surface area contributed by atoms with E-state index in [1.807, 2.05) is 6.26 Å². The summed E-state index contributed by atoms with van der Waals surface area (Å²) in [5, 5.41) is 0. The zero-order chi connectivity index (χ0) is 9.68. The minimum Gasteiger partial charge on any atom is -0.459 e. The van der Waals surface area contributed by atoms with Gasteiger partial charge in [-0.1, -0.05) is 12.7 Å². The highest BCUT2D eigenvalue weighted by atomic mass is 32.2. The Labute approximate surface area is 81.8 Å². The predicted octanol–water partition coefficient (Wildman–Crippen LogP) is 1.36. The molecule has 1 rings (SSSR count). The summed E-state index contributed by atoms with van der Waals surface area (Å²) in [6.45, 7) is 4.57. The van der Waals surface area contributed by atoms with E-state index in [2.05, 4.69) is 6.58 Å². The molecule has 0 spiro atoms. The van der Waals surface area contributed by atoms with Gasteiger partial charge in [-0.25, -0.2) is 4.79 Å². The van der Waals surface area contributed by atoms with Crippen LogP contribution >= 0.6 is 11.8 Å². The van der Waals surface area contributed by atoms with E-state index in [0.717, 1.165) is 0 Å². The average molecular weight is 200 g/mol. The summed E-state index contributed by atoms with van der Waals surface area (Å²) in [6.07, 6.45) is 5.15. The Morgan fingerprint density at radius 3 is 3.00 bits per heavy atom. The van der Waals surface area contributed by atoms with Crippen LogP contribution in [0.15, 0.2) is 23.6 Å². The van der Waals surface area contributed by atoms with Crippen LogP contribution in [0, 0.1) is 0 Å². The van der Waals surface area contributed by atoms with Crippen LogP contribution in [-0.4, -0.2) is 31.5 Å². The topological polar surface area (TPSA) is 38.8 Å². The van der Waals surface area contributed by atoms with Crippen molar-refractivity contribution in [1.82, 2.24) is 0 Å². The molecule has 13 heavy (non-hydrogen) atoms. The van der Waals surface area contributed by atoms with Gasteiger partial charge in [-0.2, -0.15) is 0 Å². The van der Waals surface area contributed by atoms with Crippen LogP contribution in [0.2, 0.25) is 0 Å². The molecule has 0 amide bonds. The maximum atomic E-state index is 11.3. The maximum Gasteiger partial charge on any atom is 0.344 e. The summed E-state index contributed by atoms with van der Waals surface area (Å²) in [4.78, 5) is 11.8. The van der Waals surface area contributed by atoms with Crippen LogP contribution in [0.5, 0.6) is 0 Å². The molecule has 0 aromatic carbocycles. The number of hydrogen-bond donors (Lipinski definition) is 0. The lowest BCUT2D eigenvalue weighted by molar-refractivity contribution is -0.138. The highest BCUT2D eigenvalue weighted by molar-refractivity contribution is 8.03. The molecule has 3 nitrogen and oxygen atoms in total. The lowest BCUT2D eigenvalue weighted by Crippen LogP contribution is -2.10. The number of allylic oxidation sites excluding steroid dienone is 2. The molecule has 1 atom stereocenters. The van der Waals surface area contributed by atoms with E-state index in [9.17, 15) is 4.79 Å². The first kappa shape index (κ1) is 10.3. The first-order valence-electron chi connectivity index (χ1n) is 3.93. The summed E-state index contributed by atoms with van der Waals surface area (Å²) >= 11 is 1.35. The third-order valence-corrected chi connectivity index (χ3v) is 2.24. The number of carbonyl (C=O) groups is 1. The van der Waals surface area contributed by atoms with Crippen LogP contribution in [0.3, 0.4) is 0 Å². The normalized spacial score (nSPS) is 21.0. The fraction of sp³-hybridized carbons (Fsp3) is 0.444. The second kappa shape index (κ2) is 5.09. The SMILES string of the molecule is C=C/C=C(\SC)C(=O)OCC1CO1. The van der Waals surface area contributed by atoms with Gasteiger partial charge < -0.3 is 9.47 Å². The Morgan fingerprint density at radius 1 is 1.85 bits per heavy atom. The fourth-order valence-electron chi connectivity index (χ4n) is 0.730. The summed E-state index contributed by atoms with van der Waals surface area (Å²) in [6, 6.07) is 0. The molecule has 0 bridgehead atoms. The number of ether oxygens (including phenoxy) is 2. The Bertz CT molecular complexity index is 231. The second-order valence-corrected chi connectivity index (χ2v) is 3.37. The van der Waals surface area contributed by atoms with Crippen LogP contribution in [0.1, 0.15) is 0 Å². The van der Waals surface area contributed by atoms with Gasteiger partial charge in [-0.05, 0) is 12.3 Å². The largest absolute Gasteiger partial charge is 0.459 e.